The Balaban J connectivity index is 1.58. The molecule has 3 rings (SSSR count). The van der Waals surface area contributed by atoms with Gasteiger partial charge in [0, 0.05) is 32.3 Å². The topological polar surface area (TPSA) is 59.1 Å². The van der Waals surface area contributed by atoms with Gasteiger partial charge in [0.05, 0.1) is 19.8 Å². The lowest BCUT2D eigenvalue weighted by Gasteiger charge is -2.34. The molecule has 6 nitrogen and oxygen atoms in total. The van der Waals surface area contributed by atoms with Crippen molar-refractivity contribution in [2.24, 2.45) is 0 Å². The van der Waals surface area contributed by atoms with Crippen molar-refractivity contribution in [2.45, 2.75) is 0 Å². The van der Waals surface area contributed by atoms with Crippen molar-refractivity contribution in [2.75, 3.05) is 40.4 Å². The highest BCUT2D eigenvalue weighted by Crippen LogP contribution is 2.28. The third kappa shape index (κ3) is 4.74. The molecule has 2 aromatic carbocycles. The van der Waals surface area contributed by atoms with Crippen molar-refractivity contribution in [3.05, 3.63) is 65.5 Å². The standard InChI is InChI=1S/C22H23FN2O4/c1-28-19-9-7-16(15-20(19)29-2)8-10-21(26)24-11-13-25(14-12-24)22(27)17-5-3-4-6-18(17)23/h3-10,15H,11-14H2,1-2H3/b10-8+. The van der Waals surface area contributed by atoms with Crippen molar-refractivity contribution < 1.29 is 23.5 Å². The quantitative estimate of drug-likeness (QED) is 0.727. The zero-order valence-corrected chi connectivity index (χ0v) is 16.4. The van der Waals surface area contributed by atoms with Crippen LogP contribution in [0.3, 0.4) is 0 Å². The molecule has 1 saturated heterocycles. The van der Waals surface area contributed by atoms with Crippen LogP contribution in [0.4, 0.5) is 4.39 Å². The monoisotopic (exact) mass is 398 g/mol. The second-order valence-corrected chi connectivity index (χ2v) is 6.55. The van der Waals surface area contributed by atoms with E-state index < -0.39 is 5.82 Å². The molecule has 0 N–H and O–H groups in total. The molecule has 0 atom stereocenters. The minimum absolute atomic E-state index is 0.0561. The summed E-state index contributed by atoms with van der Waals surface area (Å²) in [4.78, 5) is 28.2. The lowest BCUT2D eigenvalue weighted by atomic mass is 10.1. The number of rotatable bonds is 5. The van der Waals surface area contributed by atoms with Gasteiger partial charge in [0.25, 0.3) is 5.91 Å². The first-order chi connectivity index (χ1) is 14.0. The molecular formula is C22H23FN2O4. The van der Waals surface area contributed by atoms with Gasteiger partial charge in [-0.1, -0.05) is 18.2 Å². The number of carbonyl (C=O) groups is 2. The number of amides is 2. The second kappa shape index (κ2) is 9.23. The van der Waals surface area contributed by atoms with Crippen LogP contribution in [0.5, 0.6) is 11.5 Å². The molecule has 0 saturated carbocycles. The molecule has 2 amide bonds. The summed E-state index contributed by atoms with van der Waals surface area (Å²) < 4.78 is 24.3. The van der Waals surface area contributed by atoms with E-state index in [-0.39, 0.29) is 17.4 Å². The lowest BCUT2D eigenvalue weighted by Crippen LogP contribution is -2.50. The van der Waals surface area contributed by atoms with E-state index in [1.54, 1.807) is 54.4 Å². The summed E-state index contributed by atoms with van der Waals surface area (Å²) in [6.07, 6.45) is 3.21. The maximum atomic E-state index is 13.8. The number of nitrogens with zero attached hydrogens (tertiary/aromatic N) is 2. The number of ether oxygens (including phenoxy) is 2. The number of hydrogen-bond donors (Lipinski definition) is 0. The van der Waals surface area contributed by atoms with Crippen molar-refractivity contribution >= 4 is 17.9 Å². The molecule has 0 aliphatic carbocycles. The summed E-state index contributed by atoms with van der Waals surface area (Å²) >= 11 is 0. The molecule has 0 unspecified atom stereocenters. The van der Waals surface area contributed by atoms with Crippen LogP contribution in [0.15, 0.2) is 48.5 Å². The van der Waals surface area contributed by atoms with Crippen molar-refractivity contribution in [1.29, 1.82) is 0 Å². The minimum Gasteiger partial charge on any atom is -0.493 e. The van der Waals surface area contributed by atoms with Crippen LogP contribution in [0.1, 0.15) is 15.9 Å². The molecule has 0 spiro atoms. The second-order valence-electron chi connectivity index (χ2n) is 6.55. The lowest BCUT2D eigenvalue weighted by molar-refractivity contribution is -0.127. The van der Waals surface area contributed by atoms with E-state index >= 15 is 0 Å². The van der Waals surface area contributed by atoms with E-state index in [0.717, 1.165) is 5.56 Å². The van der Waals surface area contributed by atoms with E-state index in [9.17, 15) is 14.0 Å². The highest BCUT2D eigenvalue weighted by atomic mass is 19.1. The number of carbonyl (C=O) groups excluding carboxylic acids is 2. The third-order valence-electron chi connectivity index (χ3n) is 4.81. The Morgan fingerprint density at radius 2 is 1.59 bits per heavy atom. The van der Waals surface area contributed by atoms with Gasteiger partial charge >= 0.3 is 0 Å². The average molecular weight is 398 g/mol. The first-order valence-electron chi connectivity index (χ1n) is 9.26. The van der Waals surface area contributed by atoms with Crippen molar-refractivity contribution in [1.82, 2.24) is 9.80 Å². The smallest absolute Gasteiger partial charge is 0.256 e. The van der Waals surface area contributed by atoms with Gasteiger partial charge in [-0.2, -0.15) is 0 Å². The van der Waals surface area contributed by atoms with Gasteiger partial charge in [-0.3, -0.25) is 9.59 Å². The molecule has 7 heteroatoms. The minimum atomic E-state index is -0.533. The number of piperazine rings is 1. The Labute approximate surface area is 169 Å². The highest BCUT2D eigenvalue weighted by molar-refractivity contribution is 5.95. The molecule has 0 radical (unpaired) electrons. The summed E-state index contributed by atoms with van der Waals surface area (Å²) in [5.74, 6) is 0.177. The van der Waals surface area contributed by atoms with E-state index in [2.05, 4.69) is 0 Å². The molecule has 1 aliphatic rings. The van der Waals surface area contributed by atoms with Crippen LogP contribution >= 0.6 is 0 Å². The largest absolute Gasteiger partial charge is 0.493 e. The van der Waals surface area contributed by atoms with Gasteiger partial charge in [-0.15, -0.1) is 0 Å². The maximum absolute atomic E-state index is 13.8. The van der Waals surface area contributed by atoms with Crippen LogP contribution in [0.2, 0.25) is 0 Å². The summed E-state index contributed by atoms with van der Waals surface area (Å²) in [5, 5.41) is 0. The summed E-state index contributed by atoms with van der Waals surface area (Å²) in [6, 6.07) is 11.3. The van der Waals surface area contributed by atoms with Gasteiger partial charge in [0.2, 0.25) is 5.91 Å². The number of halogens is 1. The molecule has 29 heavy (non-hydrogen) atoms. The molecule has 152 valence electrons. The van der Waals surface area contributed by atoms with Crippen molar-refractivity contribution in [3.63, 3.8) is 0 Å². The Hall–Kier alpha value is -3.35. The first kappa shape index (κ1) is 20.4. The average Bonchev–Trinajstić information content (AvgIpc) is 2.77. The van der Waals surface area contributed by atoms with Crippen LogP contribution < -0.4 is 9.47 Å². The summed E-state index contributed by atoms with van der Waals surface area (Å²) in [6.45, 7) is 1.52. The molecule has 1 aliphatic heterocycles. The van der Waals surface area contributed by atoms with Crippen LogP contribution in [-0.4, -0.2) is 62.0 Å². The van der Waals surface area contributed by atoms with Gasteiger partial charge < -0.3 is 19.3 Å². The summed E-state index contributed by atoms with van der Waals surface area (Å²) in [7, 11) is 3.12. The normalized spacial score (nSPS) is 14.2. The Bertz CT molecular complexity index is 921. The number of benzene rings is 2. The van der Waals surface area contributed by atoms with Crippen LogP contribution in [-0.2, 0) is 4.79 Å². The number of hydrogen-bond acceptors (Lipinski definition) is 4. The van der Waals surface area contributed by atoms with Crippen molar-refractivity contribution in [3.8, 4) is 11.5 Å². The SMILES string of the molecule is COc1ccc(/C=C/C(=O)N2CCN(C(=O)c3ccccc3F)CC2)cc1OC. The maximum Gasteiger partial charge on any atom is 0.256 e. The molecule has 2 aromatic rings. The summed E-state index contributed by atoms with van der Waals surface area (Å²) in [5.41, 5.74) is 0.866. The van der Waals surface area contributed by atoms with Gasteiger partial charge in [-0.25, -0.2) is 4.39 Å². The highest BCUT2D eigenvalue weighted by Gasteiger charge is 2.25. The fraction of sp³-hybridized carbons (Fsp3) is 0.273. The van der Waals surface area contributed by atoms with Gasteiger partial charge in [0.1, 0.15) is 5.82 Å². The van der Waals surface area contributed by atoms with Crippen LogP contribution in [0, 0.1) is 5.82 Å². The van der Waals surface area contributed by atoms with E-state index in [4.69, 9.17) is 9.47 Å². The molecular weight excluding hydrogens is 375 g/mol. The third-order valence-corrected chi connectivity index (χ3v) is 4.81. The molecule has 0 aromatic heterocycles. The predicted molar refractivity (Wildman–Crippen MR) is 107 cm³/mol. The Morgan fingerprint density at radius 1 is 0.931 bits per heavy atom. The zero-order chi connectivity index (χ0) is 20.8. The van der Waals surface area contributed by atoms with E-state index in [1.165, 1.54) is 18.2 Å². The molecule has 1 fully saturated rings. The fourth-order valence-electron chi connectivity index (χ4n) is 3.16. The van der Waals surface area contributed by atoms with Crippen LogP contribution in [0.25, 0.3) is 6.08 Å². The fourth-order valence-corrected chi connectivity index (χ4v) is 3.16. The van der Waals surface area contributed by atoms with E-state index in [1.807, 2.05) is 6.07 Å². The predicted octanol–water partition coefficient (Wildman–Crippen LogP) is 2.84. The number of methoxy groups -OCH3 is 2. The van der Waals surface area contributed by atoms with Gasteiger partial charge in [-0.05, 0) is 35.9 Å². The van der Waals surface area contributed by atoms with Gasteiger partial charge in [0.15, 0.2) is 11.5 Å². The zero-order valence-electron chi connectivity index (χ0n) is 16.4. The first-order valence-corrected chi connectivity index (χ1v) is 9.26. The molecule has 1 heterocycles. The Kier molecular flexibility index (Phi) is 6.49. The molecule has 0 bridgehead atoms. The van der Waals surface area contributed by atoms with E-state index in [0.29, 0.717) is 37.7 Å². The Morgan fingerprint density at radius 3 is 2.24 bits per heavy atom.